The van der Waals surface area contributed by atoms with Crippen molar-refractivity contribution in [1.82, 2.24) is 0 Å². The van der Waals surface area contributed by atoms with Crippen molar-refractivity contribution in [2.24, 2.45) is 34.0 Å². The number of Topliss-reactive ketones (excluding diaryl/α,β-unsaturated/α-hetero) is 1. The van der Waals surface area contributed by atoms with Gasteiger partial charge < -0.3 is 9.84 Å². The number of aliphatic hydroxyl groups excluding tert-OH is 1. The van der Waals surface area contributed by atoms with Crippen LogP contribution in [0.1, 0.15) is 89.4 Å². The Balaban J connectivity index is 1.46. The molecule has 1 N–H and O–H groups in total. The Morgan fingerprint density at radius 3 is 2.38 bits per heavy atom. The van der Waals surface area contributed by atoms with E-state index in [9.17, 15) is 19.5 Å². The van der Waals surface area contributed by atoms with Crippen molar-refractivity contribution in [3.05, 3.63) is 59.2 Å². The van der Waals surface area contributed by atoms with Gasteiger partial charge in [-0.05, 0) is 62.5 Å². The summed E-state index contributed by atoms with van der Waals surface area (Å²) in [6, 6.07) is 8.86. The molecule has 1 aromatic rings. The van der Waals surface area contributed by atoms with Crippen molar-refractivity contribution < 1.29 is 33.0 Å². The quantitative estimate of drug-likeness (QED) is 0.310. The van der Waals surface area contributed by atoms with Crippen molar-refractivity contribution >= 4 is 17.5 Å². The number of carbonyl (C=O) groups is 3. The molecule has 0 spiro atoms. The zero-order valence-corrected chi connectivity index (χ0v) is 25.0. The highest BCUT2D eigenvalue weighted by Crippen LogP contribution is 2.70. The second-order valence-corrected chi connectivity index (χ2v) is 14.1. The number of allylic oxidation sites excluding steroid dienone is 4. The number of ether oxygens (including phenoxy) is 1. The van der Waals surface area contributed by atoms with Gasteiger partial charge in [0.2, 0.25) is 0 Å². The molecule has 6 rings (SSSR count). The van der Waals surface area contributed by atoms with Gasteiger partial charge in [-0.15, -0.1) is 0 Å². The summed E-state index contributed by atoms with van der Waals surface area (Å²) in [7, 11) is 0. The molecule has 5 aliphatic rings. The van der Waals surface area contributed by atoms with E-state index in [4.69, 9.17) is 4.74 Å². The number of halogens is 2. The van der Waals surface area contributed by atoms with Crippen molar-refractivity contribution in [2.45, 2.75) is 103 Å². The number of alkyl halides is 2. The maximum Gasteiger partial charge on any atom is 0.305 e. The minimum absolute atomic E-state index is 0.0537. The lowest BCUT2D eigenvalue weighted by Gasteiger charge is -2.62. The van der Waals surface area contributed by atoms with Crippen LogP contribution in [-0.2, 0) is 14.3 Å². The highest BCUT2D eigenvalue weighted by molar-refractivity contribution is 6.15. The average molecular weight is 581 g/mol. The van der Waals surface area contributed by atoms with Crippen LogP contribution in [-0.4, -0.2) is 46.7 Å². The van der Waals surface area contributed by atoms with Crippen LogP contribution in [0.2, 0.25) is 0 Å². The monoisotopic (exact) mass is 580 g/mol. The molecular formula is C35H42F2O5. The predicted molar refractivity (Wildman–Crippen MR) is 154 cm³/mol. The van der Waals surface area contributed by atoms with Gasteiger partial charge in [0.25, 0.3) is 0 Å². The smallest absolute Gasteiger partial charge is 0.305 e. The van der Waals surface area contributed by atoms with E-state index in [1.807, 2.05) is 19.9 Å². The molecule has 7 heteroatoms. The molecule has 0 unspecified atom stereocenters. The number of carbonyl (C=O) groups excluding carboxylic acids is 3. The third kappa shape index (κ3) is 3.84. The van der Waals surface area contributed by atoms with Gasteiger partial charge in [0.1, 0.15) is 12.3 Å². The molecule has 226 valence electrons. The standard InChI is InChI=1S/C35H42F2O5/c1-5-29(40)42-31-20(2)15-22-23-16-26(36)24-17-27(38)25(18-33(24,4)35(23,37)28(39)19-32(22,31)3)34(13-9-10-14-34)30(41)21-11-7-6-8-12-21/h6-8,11-12,17-18,20,22-23,26,28,31,39H,5,9-10,13-16,19H2,1-4H3/t20-,22+,23+,26+,28+,31+,32+,33+,35+/m1/s1. The minimum atomic E-state index is -2.27. The molecular weight excluding hydrogens is 538 g/mol. The van der Waals surface area contributed by atoms with E-state index in [1.165, 1.54) is 6.08 Å². The molecule has 4 fully saturated rings. The number of fused-ring (bicyclic) bond motifs is 5. The number of hydrogen-bond acceptors (Lipinski definition) is 5. The van der Waals surface area contributed by atoms with E-state index in [-0.39, 0.29) is 54.0 Å². The summed E-state index contributed by atoms with van der Waals surface area (Å²) in [6.07, 6.45) is 2.34. The summed E-state index contributed by atoms with van der Waals surface area (Å²) in [5.74, 6) is -2.20. The molecule has 1 aromatic carbocycles. The molecule has 0 aromatic heterocycles. The zero-order chi connectivity index (χ0) is 30.2. The Hall–Kier alpha value is -2.67. The number of hydrogen-bond donors (Lipinski definition) is 1. The Morgan fingerprint density at radius 2 is 1.74 bits per heavy atom. The third-order valence-corrected chi connectivity index (χ3v) is 12.0. The lowest BCUT2D eigenvalue weighted by atomic mass is 9.44. The van der Waals surface area contributed by atoms with Crippen LogP contribution in [0, 0.1) is 34.0 Å². The molecule has 0 aliphatic heterocycles. The molecule has 9 atom stereocenters. The van der Waals surface area contributed by atoms with Crippen molar-refractivity contribution in [3.8, 4) is 0 Å². The molecule has 0 heterocycles. The van der Waals surface area contributed by atoms with Gasteiger partial charge in [-0.2, -0.15) is 0 Å². The lowest BCUT2D eigenvalue weighted by molar-refractivity contribution is -0.212. The highest BCUT2D eigenvalue weighted by atomic mass is 19.1. The highest BCUT2D eigenvalue weighted by Gasteiger charge is 2.73. The van der Waals surface area contributed by atoms with Crippen LogP contribution in [0.3, 0.4) is 0 Å². The molecule has 42 heavy (non-hydrogen) atoms. The van der Waals surface area contributed by atoms with Gasteiger partial charge >= 0.3 is 5.97 Å². The second-order valence-electron chi connectivity index (χ2n) is 14.1. The van der Waals surface area contributed by atoms with E-state index in [0.717, 1.165) is 12.8 Å². The van der Waals surface area contributed by atoms with Crippen molar-refractivity contribution in [2.75, 3.05) is 0 Å². The van der Waals surface area contributed by atoms with Crippen molar-refractivity contribution in [3.63, 3.8) is 0 Å². The number of ketones is 2. The maximum absolute atomic E-state index is 18.1. The van der Waals surface area contributed by atoms with Crippen LogP contribution >= 0.6 is 0 Å². The van der Waals surface area contributed by atoms with E-state index in [1.54, 1.807) is 44.2 Å². The molecule has 0 saturated heterocycles. The first-order valence-electron chi connectivity index (χ1n) is 15.6. The normalized spacial score (nSPS) is 42.1. The third-order valence-electron chi connectivity index (χ3n) is 12.0. The van der Waals surface area contributed by atoms with E-state index >= 15 is 8.78 Å². The van der Waals surface area contributed by atoms with Crippen LogP contribution in [0.25, 0.3) is 0 Å². The summed E-state index contributed by atoms with van der Waals surface area (Å²) >= 11 is 0. The Labute approximate surface area is 246 Å². The molecule has 0 radical (unpaired) electrons. The Morgan fingerprint density at radius 1 is 1.07 bits per heavy atom. The van der Waals surface area contributed by atoms with Crippen molar-refractivity contribution in [1.29, 1.82) is 0 Å². The fraction of sp³-hybridized carbons (Fsp3) is 0.629. The van der Waals surface area contributed by atoms with Crippen LogP contribution in [0.15, 0.2) is 53.6 Å². The largest absolute Gasteiger partial charge is 0.461 e. The van der Waals surface area contributed by atoms with Gasteiger partial charge in [0.15, 0.2) is 17.2 Å². The fourth-order valence-corrected chi connectivity index (χ4v) is 9.94. The van der Waals surface area contributed by atoms with Gasteiger partial charge in [0, 0.05) is 34.3 Å². The molecule has 4 saturated carbocycles. The number of esters is 1. The first kappa shape index (κ1) is 29.4. The molecule has 5 nitrogen and oxygen atoms in total. The second kappa shape index (κ2) is 9.93. The Kier molecular flexibility index (Phi) is 6.95. The molecule has 0 bridgehead atoms. The number of benzene rings is 1. The summed E-state index contributed by atoms with van der Waals surface area (Å²) in [5.41, 5.74) is -4.93. The summed E-state index contributed by atoms with van der Waals surface area (Å²) in [6.45, 7) is 7.25. The maximum atomic E-state index is 18.1. The lowest BCUT2D eigenvalue weighted by Crippen LogP contribution is -2.68. The SMILES string of the molecule is CCC(=O)O[C@H]1[C@H](C)C[C@H]2[C@@H]3C[C@H](F)C4=CC(=O)C(C5(C(=O)c6ccccc6)CCCC5)=C[C@]4(C)[C@@]3(F)[C@@H](O)C[C@@]21C. The Bertz CT molecular complexity index is 1360. The molecule has 0 amide bonds. The van der Waals surface area contributed by atoms with Gasteiger partial charge in [-0.25, -0.2) is 8.78 Å². The number of rotatable bonds is 5. The average Bonchev–Trinajstić information content (AvgIpc) is 3.55. The van der Waals surface area contributed by atoms with Crippen LogP contribution in [0.5, 0.6) is 0 Å². The minimum Gasteiger partial charge on any atom is -0.461 e. The summed E-state index contributed by atoms with van der Waals surface area (Å²) < 4.78 is 40.2. The van der Waals surface area contributed by atoms with Gasteiger partial charge in [-0.1, -0.05) is 70.0 Å². The van der Waals surface area contributed by atoms with E-state index < -0.39 is 52.0 Å². The summed E-state index contributed by atoms with van der Waals surface area (Å²) in [5, 5.41) is 11.8. The topological polar surface area (TPSA) is 80.7 Å². The predicted octanol–water partition coefficient (Wildman–Crippen LogP) is 6.69. The zero-order valence-electron chi connectivity index (χ0n) is 25.0. The first-order valence-corrected chi connectivity index (χ1v) is 15.6. The van der Waals surface area contributed by atoms with E-state index in [0.29, 0.717) is 24.8 Å². The number of aliphatic hydroxyl groups is 1. The first-order chi connectivity index (χ1) is 19.8. The van der Waals surface area contributed by atoms with Gasteiger partial charge in [0.05, 0.1) is 11.5 Å². The molecule has 5 aliphatic carbocycles. The fourth-order valence-electron chi connectivity index (χ4n) is 9.94. The van der Waals surface area contributed by atoms with E-state index in [2.05, 4.69) is 0 Å². The van der Waals surface area contributed by atoms with Crippen LogP contribution < -0.4 is 0 Å². The summed E-state index contributed by atoms with van der Waals surface area (Å²) in [4.78, 5) is 40.2. The van der Waals surface area contributed by atoms with Gasteiger partial charge in [-0.3, -0.25) is 14.4 Å². The van der Waals surface area contributed by atoms with Crippen LogP contribution in [0.4, 0.5) is 8.78 Å².